The molecule has 0 saturated carbocycles. The van der Waals surface area contributed by atoms with Crippen molar-refractivity contribution in [2.75, 3.05) is 7.05 Å². The van der Waals surface area contributed by atoms with Gasteiger partial charge in [-0.3, -0.25) is 0 Å². The molecule has 0 radical (unpaired) electrons. The molecule has 2 rings (SSSR count). The van der Waals surface area contributed by atoms with Gasteiger partial charge in [-0.15, -0.1) is 0 Å². The zero-order valence-electron chi connectivity index (χ0n) is 10.6. The summed E-state index contributed by atoms with van der Waals surface area (Å²) in [4.78, 5) is 0. The van der Waals surface area contributed by atoms with Crippen molar-refractivity contribution in [3.8, 4) is 11.3 Å². The molecule has 2 aromatic rings. The maximum absolute atomic E-state index is 13.6. The van der Waals surface area contributed by atoms with Gasteiger partial charge in [0.05, 0.1) is 11.6 Å². The monoisotopic (exact) mass is 269 g/mol. The van der Waals surface area contributed by atoms with E-state index in [1.54, 1.807) is 13.1 Å². The summed E-state index contributed by atoms with van der Waals surface area (Å²) in [5, 5.41) is 3.03. The van der Waals surface area contributed by atoms with Crippen LogP contribution in [0.4, 0.5) is 13.2 Å². The van der Waals surface area contributed by atoms with Gasteiger partial charge in [0.25, 0.3) is 0 Å². The molecule has 0 aliphatic rings. The lowest BCUT2D eigenvalue weighted by atomic mass is 10.1. The molecular weight excluding hydrogens is 255 g/mol. The van der Waals surface area contributed by atoms with Gasteiger partial charge >= 0.3 is 0 Å². The molecule has 0 bridgehead atoms. The molecule has 1 aromatic carbocycles. The molecule has 5 heteroatoms. The van der Waals surface area contributed by atoms with Gasteiger partial charge in [0.15, 0.2) is 11.6 Å². The number of benzene rings is 1. The molecule has 19 heavy (non-hydrogen) atoms. The number of hydrogen-bond donors (Lipinski definition) is 1. The van der Waals surface area contributed by atoms with E-state index in [-0.39, 0.29) is 17.4 Å². The first-order chi connectivity index (χ1) is 9.06. The lowest BCUT2D eigenvalue weighted by Crippen LogP contribution is -2.14. The molecule has 0 fully saturated rings. The van der Waals surface area contributed by atoms with Crippen molar-refractivity contribution in [1.29, 1.82) is 0 Å². The van der Waals surface area contributed by atoms with Crippen LogP contribution < -0.4 is 5.32 Å². The van der Waals surface area contributed by atoms with E-state index in [4.69, 9.17) is 4.42 Å². The van der Waals surface area contributed by atoms with E-state index < -0.39 is 17.5 Å². The summed E-state index contributed by atoms with van der Waals surface area (Å²) in [6, 6.07) is 4.58. The zero-order chi connectivity index (χ0) is 14.0. The Morgan fingerprint density at radius 3 is 2.58 bits per heavy atom. The van der Waals surface area contributed by atoms with Crippen molar-refractivity contribution >= 4 is 0 Å². The maximum atomic E-state index is 13.6. The fraction of sp³-hybridized carbons (Fsp3) is 0.286. The van der Waals surface area contributed by atoms with Crippen LogP contribution in [-0.4, -0.2) is 7.05 Å². The van der Waals surface area contributed by atoms with E-state index in [1.165, 1.54) is 6.07 Å². The Morgan fingerprint density at radius 2 is 1.95 bits per heavy atom. The van der Waals surface area contributed by atoms with E-state index in [0.29, 0.717) is 11.8 Å². The lowest BCUT2D eigenvalue weighted by molar-refractivity contribution is 0.427. The van der Waals surface area contributed by atoms with Gasteiger partial charge in [-0.05, 0) is 31.7 Å². The summed E-state index contributed by atoms with van der Waals surface area (Å²) in [6.07, 6.45) is 0.781. The van der Waals surface area contributed by atoms with Crippen LogP contribution >= 0.6 is 0 Å². The molecule has 1 heterocycles. The number of hydrogen-bond acceptors (Lipinski definition) is 2. The second kappa shape index (κ2) is 5.48. The number of nitrogens with one attached hydrogen (secondary N) is 1. The molecule has 0 amide bonds. The first kappa shape index (κ1) is 13.7. The van der Waals surface area contributed by atoms with Crippen molar-refractivity contribution in [2.45, 2.75) is 19.4 Å². The van der Waals surface area contributed by atoms with Crippen molar-refractivity contribution in [2.24, 2.45) is 0 Å². The van der Waals surface area contributed by atoms with Crippen LogP contribution in [0.5, 0.6) is 0 Å². The summed E-state index contributed by atoms with van der Waals surface area (Å²) in [5.74, 6) is -2.47. The summed E-state index contributed by atoms with van der Waals surface area (Å²) < 4.78 is 45.4. The van der Waals surface area contributed by atoms with Crippen LogP contribution in [0.1, 0.15) is 25.1 Å². The van der Waals surface area contributed by atoms with Gasteiger partial charge in [-0.2, -0.15) is 0 Å². The van der Waals surface area contributed by atoms with E-state index in [1.807, 2.05) is 6.92 Å². The van der Waals surface area contributed by atoms with E-state index in [9.17, 15) is 13.2 Å². The molecule has 0 spiro atoms. The molecule has 0 saturated heterocycles. The maximum Gasteiger partial charge on any atom is 0.169 e. The molecule has 0 aliphatic heterocycles. The van der Waals surface area contributed by atoms with E-state index >= 15 is 0 Å². The van der Waals surface area contributed by atoms with Crippen LogP contribution in [0.3, 0.4) is 0 Å². The van der Waals surface area contributed by atoms with Gasteiger partial charge < -0.3 is 9.73 Å². The third-order valence-electron chi connectivity index (χ3n) is 2.99. The Labute approximate surface area is 109 Å². The van der Waals surface area contributed by atoms with Crippen LogP contribution in [0.15, 0.2) is 28.7 Å². The van der Waals surface area contributed by atoms with Crippen molar-refractivity contribution in [3.63, 3.8) is 0 Å². The predicted octanol–water partition coefficient (Wildman–Crippen LogP) is 4.03. The minimum atomic E-state index is -1.23. The van der Waals surface area contributed by atoms with Crippen LogP contribution in [0.25, 0.3) is 11.3 Å². The highest BCUT2D eigenvalue weighted by molar-refractivity contribution is 5.58. The number of halogens is 3. The number of rotatable bonds is 4. The van der Waals surface area contributed by atoms with Crippen LogP contribution in [0, 0.1) is 17.5 Å². The van der Waals surface area contributed by atoms with E-state index in [2.05, 4.69) is 5.32 Å². The van der Waals surface area contributed by atoms with Gasteiger partial charge in [0, 0.05) is 6.07 Å². The molecule has 1 N–H and O–H groups in total. The fourth-order valence-electron chi connectivity index (χ4n) is 1.97. The largest absolute Gasteiger partial charge is 0.459 e. The highest BCUT2D eigenvalue weighted by atomic mass is 19.2. The van der Waals surface area contributed by atoms with Crippen LogP contribution in [-0.2, 0) is 0 Å². The Morgan fingerprint density at radius 1 is 1.21 bits per heavy atom. The fourth-order valence-corrected chi connectivity index (χ4v) is 1.97. The molecule has 1 atom stereocenters. The average molecular weight is 269 g/mol. The van der Waals surface area contributed by atoms with Gasteiger partial charge in [-0.1, -0.05) is 6.92 Å². The Bertz CT molecular complexity index is 576. The standard InChI is InChI=1S/C14H14F3NO/c1-3-11(18-2)13-5-4-12(19-13)9-6-8(15)7-10(16)14(9)17/h4-7,11,18H,3H2,1-2H3. The zero-order valence-corrected chi connectivity index (χ0v) is 10.6. The summed E-state index contributed by atoms with van der Waals surface area (Å²) in [5.41, 5.74) is -0.213. The van der Waals surface area contributed by atoms with E-state index in [0.717, 1.165) is 12.5 Å². The summed E-state index contributed by atoms with van der Waals surface area (Å²) in [6.45, 7) is 1.96. The first-order valence-corrected chi connectivity index (χ1v) is 5.98. The van der Waals surface area contributed by atoms with Crippen molar-refractivity contribution in [1.82, 2.24) is 5.32 Å². The molecular formula is C14H14F3NO. The van der Waals surface area contributed by atoms with Gasteiger partial charge in [-0.25, -0.2) is 13.2 Å². The molecule has 2 nitrogen and oxygen atoms in total. The highest BCUT2D eigenvalue weighted by Gasteiger charge is 2.18. The molecule has 1 aromatic heterocycles. The molecule has 1 unspecified atom stereocenters. The molecule has 0 aliphatic carbocycles. The van der Waals surface area contributed by atoms with Crippen molar-refractivity contribution < 1.29 is 17.6 Å². The Kier molecular flexibility index (Phi) is 3.95. The Hall–Kier alpha value is -1.75. The Balaban J connectivity index is 2.43. The summed E-state index contributed by atoms with van der Waals surface area (Å²) in [7, 11) is 1.78. The smallest absolute Gasteiger partial charge is 0.169 e. The third kappa shape index (κ3) is 2.66. The topological polar surface area (TPSA) is 25.2 Å². The van der Waals surface area contributed by atoms with Crippen molar-refractivity contribution in [3.05, 3.63) is 47.5 Å². The summed E-state index contributed by atoms with van der Waals surface area (Å²) >= 11 is 0. The third-order valence-corrected chi connectivity index (χ3v) is 2.99. The van der Waals surface area contributed by atoms with Gasteiger partial charge in [0.1, 0.15) is 17.3 Å². The first-order valence-electron chi connectivity index (χ1n) is 5.98. The SMILES string of the molecule is CCC(NC)c1ccc(-c2cc(F)cc(F)c2F)o1. The second-order valence-electron chi connectivity index (χ2n) is 4.20. The molecule has 102 valence electrons. The lowest BCUT2D eigenvalue weighted by Gasteiger charge is -2.10. The second-order valence-corrected chi connectivity index (χ2v) is 4.20. The minimum absolute atomic E-state index is 0.0183. The normalized spacial score (nSPS) is 12.7. The minimum Gasteiger partial charge on any atom is -0.459 e. The highest BCUT2D eigenvalue weighted by Crippen LogP contribution is 2.30. The predicted molar refractivity (Wildman–Crippen MR) is 66.1 cm³/mol. The quantitative estimate of drug-likeness (QED) is 0.847. The average Bonchev–Trinajstić information content (AvgIpc) is 2.85. The van der Waals surface area contributed by atoms with Gasteiger partial charge in [0.2, 0.25) is 0 Å². The van der Waals surface area contributed by atoms with Crippen LogP contribution in [0.2, 0.25) is 0 Å². The number of furan rings is 1.